The summed E-state index contributed by atoms with van der Waals surface area (Å²) in [6.45, 7) is 2.24. The molecule has 14 heteroatoms. The molecule has 0 spiro atoms. The number of hydrogen-bond acceptors (Lipinski definition) is 8. The van der Waals surface area contributed by atoms with Crippen LogP contribution in [0.1, 0.15) is 41.8 Å². The third-order valence-electron chi connectivity index (χ3n) is 5.68. The predicted octanol–water partition coefficient (Wildman–Crippen LogP) is 7.01. The van der Waals surface area contributed by atoms with Crippen LogP contribution in [0.4, 0.5) is 18.9 Å². The molecule has 0 aliphatic rings. The Morgan fingerprint density at radius 3 is 2.17 bits per heavy atom. The maximum atomic E-state index is 12.9. The smallest absolute Gasteiger partial charge is 0.319 e. The molecule has 3 N–H and O–H groups in total. The molecule has 0 aliphatic carbocycles. The van der Waals surface area contributed by atoms with Gasteiger partial charge in [0, 0.05) is 52.8 Å². The van der Waals surface area contributed by atoms with Crippen molar-refractivity contribution in [3.05, 3.63) is 84.2 Å². The number of anilines is 1. The Labute approximate surface area is 252 Å². The van der Waals surface area contributed by atoms with Gasteiger partial charge in [-0.1, -0.05) is 60.5 Å². The molecule has 0 radical (unpaired) electrons. The van der Waals surface area contributed by atoms with Crippen LogP contribution in [0.5, 0.6) is 0 Å². The number of Topliss-reactive ketones (excluding diaryl/α,β-unsaturated/α-hetero) is 1. The highest BCUT2D eigenvalue weighted by molar-refractivity contribution is 7.14. The first-order valence-electron chi connectivity index (χ1n) is 12.3. The summed E-state index contributed by atoms with van der Waals surface area (Å²) >= 11 is 15.7. The van der Waals surface area contributed by atoms with E-state index >= 15 is 0 Å². The fourth-order valence-electron chi connectivity index (χ4n) is 3.77. The van der Waals surface area contributed by atoms with Crippen LogP contribution in [0, 0.1) is 0 Å². The van der Waals surface area contributed by atoms with Crippen molar-refractivity contribution in [3.8, 4) is 11.1 Å². The maximum absolute atomic E-state index is 12.9. The van der Waals surface area contributed by atoms with Gasteiger partial charge in [-0.3, -0.25) is 9.59 Å². The van der Waals surface area contributed by atoms with Crippen LogP contribution in [-0.4, -0.2) is 40.9 Å². The first-order chi connectivity index (χ1) is 19.6. The monoisotopic (exact) mass is 641 g/mol. The van der Waals surface area contributed by atoms with Crippen LogP contribution in [0.25, 0.3) is 11.1 Å². The lowest BCUT2D eigenvalue weighted by molar-refractivity contribution is -0.125. The average Bonchev–Trinajstić information content (AvgIpc) is 3.60. The number of alkyl halides is 3. The molecule has 2 aromatic heterocycles. The number of ketones is 1. The number of amides is 1. The zero-order chi connectivity index (χ0) is 29.6. The Morgan fingerprint density at radius 2 is 1.49 bits per heavy atom. The summed E-state index contributed by atoms with van der Waals surface area (Å²) in [5.41, 5.74) is 2.03. The molecular weight excluding hydrogens is 618 g/mol. The summed E-state index contributed by atoms with van der Waals surface area (Å²) in [5.74, 6) is -0.709. The van der Waals surface area contributed by atoms with Gasteiger partial charge in [0.1, 0.15) is 0 Å². The third-order valence-corrected chi connectivity index (χ3v) is 8.57. The van der Waals surface area contributed by atoms with Gasteiger partial charge < -0.3 is 16.0 Å². The second-order valence-electron chi connectivity index (χ2n) is 8.76. The molecule has 41 heavy (non-hydrogen) atoms. The summed E-state index contributed by atoms with van der Waals surface area (Å²) < 4.78 is 37.1. The van der Waals surface area contributed by atoms with Crippen molar-refractivity contribution < 1.29 is 22.8 Å². The zero-order valence-corrected chi connectivity index (χ0v) is 24.7. The van der Waals surface area contributed by atoms with E-state index < -0.39 is 18.6 Å². The van der Waals surface area contributed by atoms with E-state index in [1.807, 2.05) is 6.92 Å². The molecule has 0 atom stereocenters. The lowest BCUT2D eigenvalue weighted by atomic mass is 9.99. The van der Waals surface area contributed by atoms with Gasteiger partial charge in [0.05, 0.1) is 22.3 Å². The molecule has 0 saturated heterocycles. The molecule has 0 saturated carbocycles. The van der Waals surface area contributed by atoms with E-state index in [1.165, 1.54) is 17.5 Å². The van der Waals surface area contributed by atoms with Gasteiger partial charge in [0.25, 0.3) is 5.91 Å². The van der Waals surface area contributed by atoms with E-state index in [9.17, 15) is 22.8 Å². The Bertz CT molecular complexity index is 1540. The van der Waals surface area contributed by atoms with E-state index in [1.54, 1.807) is 42.6 Å². The van der Waals surface area contributed by atoms with Crippen molar-refractivity contribution >= 4 is 63.3 Å². The normalized spacial score (nSPS) is 11.6. The molecule has 0 fully saturated rings. The van der Waals surface area contributed by atoms with E-state index in [-0.39, 0.29) is 28.8 Å². The number of aromatic nitrogens is 2. The second-order valence-corrected chi connectivity index (χ2v) is 11.7. The molecule has 0 unspecified atom stereocenters. The van der Waals surface area contributed by atoms with E-state index in [0.717, 1.165) is 22.8 Å². The van der Waals surface area contributed by atoms with Crippen molar-refractivity contribution in [1.29, 1.82) is 0 Å². The summed E-state index contributed by atoms with van der Waals surface area (Å²) in [4.78, 5) is 35.4. The number of halogens is 5. The number of carbonyl (C=O) groups excluding carboxylic acids is 2. The lowest BCUT2D eigenvalue weighted by Crippen LogP contribution is -2.27. The zero-order valence-electron chi connectivity index (χ0n) is 21.6. The number of nitrogens with zero attached hydrogens (tertiary/aromatic N) is 2. The molecule has 216 valence electrons. The van der Waals surface area contributed by atoms with Gasteiger partial charge in [-0.05, 0) is 18.2 Å². The minimum atomic E-state index is -4.32. The Balaban J connectivity index is 1.47. The number of thiazole rings is 2. The van der Waals surface area contributed by atoms with Crippen LogP contribution in [0.3, 0.4) is 0 Å². The number of carbonyl (C=O) groups is 2. The number of nitrogens with one attached hydrogen (secondary N) is 3. The Morgan fingerprint density at radius 1 is 0.878 bits per heavy atom. The van der Waals surface area contributed by atoms with E-state index in [2.05, 4.69) is 25.9 Å². The summed E-state index contributed by atoms with van der Waals surface area (Å²) in [6.07, 6.45) is -1.35. The number of rotatable bonds is 12. The first kappa shape index (κ1) is 31.1. The molecule has 4 rings (SSSR count). The summed E-state index contributed by atoms with van der Waals surface area (Å²) in [7, 11) is 0. The van der Waals surface area contributed by atoms with Crippen molar-refractivity contribution in [1.82, 2.24) is 20.6 Å². The van der Waals surface area contributed by atoms with Crippen LogP contribution >= 0.6 is 45.9 Å². The molecule has 2 heterocycles. The van der Waals surface area contributed by atoms with Gasteiger partial charge in [-0.2, -0.15) is 13.2 Å². The Hall–Kier alpha value is -2.87. The SMILES string of the molecule is CCNCc1cnc(C(=O)Nc2cccc(-c3cccc(CC(=O)c4ncc(CNCC(F)(F)F)s4)c3Cl)c2Cl)s1. The minimum Gasteiger partial charge on any atom is -0.319 e. The number of hydrogen-bond donors (Lipinski definition) is 3. The van der Waals surface area contributed by atoms with Gasteiger partial charge in [-0.15, -0.1) is 22.7 Å². The highest BCUT2D eigenvalue weighted by Crippen LogP contribution is 2.39. The van der Waals surface area contributed by atoms with Crippen molar-refractivity contribution in [2.45, 2.75) is 32.6 Å². The molecule has 4 aromatic rings. The van der Waals surface area contributed by atoms with Crippen LogP contribution in [0.15, 0.2) is 48.8 Å². The van der Waals surface area contributed by atoms with Gasteiger partial charge in [0.2, 0.25) is 0 Å². The number of benzene rings is 2. The molecule has 1 amide bonds. The molecule has 7 nitrogen and oxygen atoms in total. The standard InChI is InChI=1S/C27H24Cl2F3N5O2S2/c1-2-33-10-16-13-36-26(41-16)24(39)37-20-8-4-7-19(23(20)29)18-6-3-5-15(22(18)28)9-21(38)25-35-12-17(40-25)11-34-14-27(30,31)32/h3-8,12-13,33-34H,2,9-11,14H2,1H3,(H,37,39). The topological polar surface area (TPSA) is 96.0 Å². The molecule has 0 aliphatic heterocycles. The fourth-order valence-corrected chi connectivity index (χ4v) is 5.94. The van der Waals surface area contributed by atoms with Crippen LogP contribution < -0.4 is 16.0 Å². The highest BCUT2D eigenvalue weighted by atomic mass is 35.5. The van der Waals surface area contributed by atoms with Gasteiger partial charge in [0.15, 0.2) is 15.8 Å². The van der Waals surface area contributed by atoms with Gasteiger partial charge >= 0.3 is 6.18 Å². The van der Waals surface area contributed by atoms with Crippen molar-refractivity contribution in [3.63, 3.8) is 0 Å². The lowest BCUT2D eigenvalue weighted by Gasteiger charge is -2.13. The van der Waals surface area contributed by atoms with Gasteiger partial charge in [-0.25, -0.2) is 9.97 Å². The van der Waals surface area contributed by atoms with E-state index in [4.69, 9.17) is 23.2 Å². The van der Waals surface area contributed by atoms with E-state index in [0.29, 0.717) is 43.8 Å². The predicted molar refractivity (Wildman–Crippen MR) is 157 cm³/mol. The van der Waals surface area contributed by atoms with Crippen LogP contribution in [-0.2, 0) is 19.5 Å². The average molecular weight is 643 g/mol. The molecule has 0 bridgehead atoms. The quantitative estimate of drug-likeness (QED) is 0.144. The van der Waals surface area contributed by atoms with Crippen molar-refractivity contribution in [2.75, 3.05) is 18.4 Å². The molecular formula is C27H24Cl2F3N5O2S2. The molecule has 2 aromatic carbocycles. The minimum absolute atomic E-state index is 0.0498. The summed E-state index contributed by atoms with van der Waals surface area (Å²) in [5, 5.41) is 9.34. The van der Waals surface area contributed by atoms with Crippen molar-refractivity contribution in [2.24, 2.45) is 0 Å². The second kappa shape index (κ2) is 13.9. The fraction of sp³-hybridized carbons (Fsp3) is 0.259. The third kappa shape index (κ3) is 8.34. The maximum Gasteiger partial charge on any atom is 0.401 e. The first-order valence-corrected chi connectivity index (χ1v) is 14.7. The highest BCUT2D eigenvalue weighted by Gasteiger charge is 2.26. The largest absolute Gasteiger partial charge is 0.401 e. The Kier molecular flexibility index (Phi) is 10.5. The summed E-state index contributed by atoms with van der Waals surface area (Å²) in [6, 6.07) is 10.3. The van der Waals surface area contributed by atoms with Crippen LogP contribution in [0.2, 0.25) is 10.0 Å².